The third-order valence-electron chi connectivity index (χ3n) is 6.10. The number of ether oxygens (including phenoxy) is 1. The van der Waals surface area contributed by atoms with Crippen LogP contribution in [0.5, 0.6) is 5.75 Å². The smallest absolute Gasteiger partial charge is 0.243 e. The van der Waals surface area contributed by atoms with Crippen molar-refractivity contribution in [1.82, 2.24) is 4.31 Å². The predicted octanol–water partition coefficient (Wildman–Crippen LogP) is 4.63. The Morgan fingerprint density at radius 1 is 1.03 bits per heavy atom. The Balaban J connectivity index is 1.32. The lowest BCUT2D eigenvalue weighted by Gasteiger charge is -2.31. The molecule has 170 valence electrons. The van der Waals surface area contributed by atoms with Crippen molar-refractivity contribution in [2.24, 2.45) is 5.92 Å². The van der Waals surface area contributed by atoms with E-state index in [1.165, 1.54) is 23.5 Å². The predicted molar refractivity (Wildman–Crippen MR) is 127 cm³/mol. The fourth-order valence-corrected chi connectivity index (χ4v) is 5.84. The van der Waals surface area contributed by atoms with Gasteiger partial charge in [-0.2, -0.15) is 4.31 Å². The van der Waals surface area contributed by atoms with Crippen molar-refractivity contribution in [3.63, 3.8) is 0 Å². The lowest BCUT2D eigenvalue weighted by molar-refractivity contribution is -0.120. The number of sulfonamides is 1. The molecule has 8 heteroatoms. The molecule has 5 rings (SSSR count). The molecule has 0 bridgehead atoms. The molecule has 0 aliphatic carbocycles. The average Bonchev–Trinajstić information content (AvgIpc) is 3.22. The number of rotatable bonds is 5. The van der Waals surface area contributed by atoms with Crippen molar-refractivity contribution >= 4 is 43.6 Å². The summed E-state index contributed by atoms with van der Waals surface area (Å²) in [5.74, 6) is -0.0375. The molecule has 4 aromatic rings. The summed E-state index contributed by atoms with van der Waals surface area (Å²) in [7, 11) is -2.16. The number of amides is 1. The largest absolute Gasteiger partial charge is 0.497 e. The zero-order valence-electron chi connectivity index (χ0n) is 18.2. The molecule has 1 fully saturated rings. The number of anilines is 1. The van der Waals surface area contributed by atoms with Gasteiger partial charge in [0.25, 0.3) is 0 Å². The van der Waals surface area contributed by atoms with Gasteiger partial charge in [-0.3, -0.25) is 4.79 Å². The number of methoxy groups -OCH3 is 1. The van der Waals surface area contributed by atoms with E-state index in [1.807, 2.05) is 42.5 Å². The highest BCUT2D eigenvalue weighted by Crippen LogP contribution is 2.31. The number of furan rings is 1. The number of piperidine rings is 1. The first-order valence-corrected chi connectivity index (χ1v) is 12.3. The summed E-state index contributed by atoms with van der Waals surface area (Å²) in [5, 5.41) is 4.95. The number of carbonyl (C=O) groups is 1. The van der Waals surface area contributed by atoms with E-state index in [0.29, 0.717) is 36.4 Å². The summed E-state index contributed by atoms with van der Waals surface area (Å²) in [6.07, 6.45) is 1.25. The van der Waals surface area contributed by atoms with E-state index >= 15 is 0 Å². The highest BCUT2D eigenvalue weighted by atomic mass is 32.2. The van der Waals surface area contributed by atoms with Gasteiger partial charge in [-0.25, -0.2) is 8.42 Å². The Morgan fingerprint density at radius 3 is 2.58 bits per heavy atom. The molecule has 1 aliphatic heterocycles. The summed E-state index contributed by atoms with van der Waals surface area (Å²) >= 11 is 0. The molecule has 1 saturated heterocycles. The SMILES string of the molecule is COc1ccc(S(=O)(=O)N2CCC[C@H](C(=O)Nc3ccc4c(c3)oc3ccccc34)C2)cc1. The van der Waals surface area contributed by atoms with Gasteiger partial charge < -0.3 is 14.5 Å². The van der Waals surface area contributed by atoms with Crippen LogP contribution in [-0.2, 0) is 14.8 Å². The molecular weight excluding hydrogens is 440 g/mol. The summed E-state index contributed by atoms with van der Waals surface area (Å²) in [6.45, 7) is 0.538. The van der Waals surface area contributed by atoms with Gasteiger partial charge in [0.05, 0.1) is 17.9 Å². The van der Waals surface area contributed by atoms with Crippen molar-refractivity contribution in [2.45, 2.75) is 17.7 Å². The number of fused-ring (bicyclic) bond motifs is 3. The molecule has 3 aromatic carbocycles. The molecule has 1 amide bonds. The normalized spacial score (nSPS) is 17.3. The molecule has 0 spiro atoms. The number of nitrogens with zero attached hydrogens (tertiary/aromatic N) is 1. The van der Waals surface area contributed by atoms with Gasteiger partial charge in [0, 0.05) is 35.6 Å². The maximum Gasteiger partial charge on any atom is 0.243 e. The third kappa shape index (κ3) is 4.07. The second-order valence-electron chi connectivity index (χ2n) is 8.18. The minimum atomic E-state index is -3.69. The van der Waals surface area contributed by atoms with Gasteiger partial charge in [0.15, 0.2) is 0 Å². The molecule has 7 nitrogen and oxygen atoms in total. The number of carbonyl (C=O) groups excluding carboxylic acids is 1. The Kier molecular flexibility index (Phi) is 5.55. The molecular formula is C25H24N2O5S. The van der Waals surface area contributed by atoms with Crippen LogP contribution in [0.1, 0.15) is 12.8 Å². The Bertz CT molecular complexity index is 1430. The molecule has 33 heavy (non-hydrogen) atoms. The maximum atomic E-state index is 13.1. The van der Waals surface area contributed by atoms with Crippen LogP contribution < -0.4 is 10.1 Å². The monoisotopic (exact) mass is 464 g/mol. The van der Waals surface area contributed by atoms with Crippen molar-refractivity contribution < 1.29 is 22.4 Å². The first-order chi connectivity index (χ1) is 16.0. The van der Waals surface area contributed by atoms with E-state index < -0.39 is 15.9 Å². The Hall–Kier alpha value is -3.36. The fourth-order valence-electron chi connectivity index (χ4n) is 4.32. The van der Waals surface area contributed by atoms with E-state index in [2.05, 4.69) is 5.32 Å². The van der Waals surface area contributed by atoms with Crippen molar-refractivity contribution in [3.8, 4) is 5.75 Å². The van der Waals surface area contributed by atoms with Crippen molar-refractivity contribution in [3.05, 3.63) is 66.7 Å². The number of nitrogens with one attached hydrogen (secondary N) is 1. The van der Waals surface area contributed by atoms with Gasteiger partial charge in [-0.15, -0.1) is 0 Å². The van der Waals surface area contributed by atoms with E-state index in [-0.39, 0.29) is 17.3 Å². The van der Waals surface area contributed by atoms with E-state index in [1.54, 1.807) is 12.1 Å². The highest BCUT2D eigenvalue weighted by Gasteiger charge is 2.33. The Labute approximate surface area is 192 Å². The van der Waals surface area contributed by atoms with E-state index in [4.69, 9.17) is 9.15 Å². The van der Waals surface area contributed by atoms with E-state index in [0.717, 1.165) is 16.4 Å². The van der Waals surface area contributed by atoms with Gasteiger partial charge >= 0.3 is 0 Å². The van der Waals surface area contributed by atoms with Crippen LogP contribution >= 0.6 is 0 Å². The van der Waals surface area contributed by atoms with Crippen LogP contribution in [0, 0.1) is 5.92 Å². The second kappa shape index (κ2) is 8.53. The first-order valence-electron chi connectivity index (χ1n) is 10.8. The van der Waals surface area contributed by atoms with Gasteiger partial charge in [0.1, 0.15) is 16.9 Å². The zero-order chi connectivity index (χ0) is 23.0. The molecule has 2 heterocycles. The fraction of sp³-hybridized carbons (Fsp3) is 0.240. The first kappa shape index (κ1) is 21.5. The van der Waals surface area contributed by atoms with Gasteiger partial charge in [-0.1, -0.05) is 18.2 Å². The molecule has 0 saturated carbocycles. The quantitative estimate of drug-likeness (QED) is 0.465. The summed E-state index contributed by atoms with van der Waals surface area (Å²) < 4.78 is 38.6. The number of hydrogen-bond donors (Lipinski definition) is 1. The molecule has 0 radical (unpaired) electrons. The second-order valence-corrected chi connectivity index (χ2v) is 10.1. The molecule has 1 aliphatic rings. The summed E-state index contributed by atoms with van der Waals surface area (Å²) in [4.78, 5) is 13.2. The van der Waals surface area contributed by atoms with Gasteiger partial charge in [-0.05, 0) is 55.3 Å². The third-order valence-corrected chi connectivity index (χ3v) is 7.98. The van der Waals surface area contributed by atoms with Crippen LogP contribution in [0.4, 0.5) is 5.69 Å². The van der Waals surface area contributed by atoms with Crippen LogP contribution in [0.15, 0.2) is 76.0 Å². The molecule has 1 atom stereocenters. The van der Waals surface area contributed by atoms with Crippen molar-refractivity contribution in [1.29, 1.82) is 0 Å². The summed E-state index contributed by atoms with van der Waals surface area (Å²) in [5.41, 5.74) is 2.12. The molecule has 0 unspecified atom stereocenters. The minimum Gasteiger partial charge on any atom is -0.497 e. The van der Waals surface area contributed by atoms with Crippen LogP contribution in [0.25, 0.3) is 21.9 Å². The average molecular weight is 465 g/mol. The highest BCUT2D eigenvalue weighted by molar-refractivity contribution is 7.89. The van der Waals surface area contributed by atoms with Crippen LogP contribution in [-0.4, -0.2) is 38.8 Å². The molecule has 1 aromatic heterocycles. The number of para-hydroxylation sites is 1. The van der Waals surface area contributed by atoms with E-state index in [9.17, 15) is 13.2 Å². The minimum absolute atomic E-state index is 0.146. The zero-order valence-corrected chi connectivity index (χ0v) is 19.0. The topological polar surface area (TPSA) is 88.9 Å². The molecule has 1 N–H and O–H groups in total. The lowest BCUT2D eigenvalue weighted by Crippen LogP contribution is -2.43. The van der Waals surface area contributed by atoms with Crippen LogP contribution in [0.2, 0.25) is 0 Å². The summed E-state index contributed by atoms with van der Waals surface area (Å²) in [6, 6.07) is 19.7. The maximum absolute atomic E-state index is 13.1. The van der Waals surface area contributed by atoms with Crippen LogP contribution in [0.3, 0.4) is 0 Å². The van der Waals surface area contributed by atoms with Gasteiger partial charge in [0.2, 0.25) is 15.9 Å². The lowest BCUT2D eigenvalue weighted by atomic mass is 9.98. The number of hydrogen-bond acceptors (Lipinski definition) is 5. The standard InChI is InChI=1S/C25H24N2O5S/c1-31-19-9-11-20(12-10-19)33(29,30)27-14-4-5-17(16-27)25(28)26-18-8-13-22-21-6-2-3-7-23(21)32-24(22)15-18/h2-3,6-13,15,17H,4-5,14,16H2,1H3,(H,26,28)/t17-/m0/s1. The van der Waals surface area contributed by atoms with Crippen molar-refractivity contribution in [2.75, 3.05) is 25.5 Å². The Morgan fingerprint density at radius 2 is 1.79 bits per heavy atom. The number of benzene rings is 3.